The lowest BCUT2D eigenvalue weighted by Gasteiger charge is -2.33. The molecule has 1 aliphatic heterocycles. The molecule has 1 atom stereocenters. The molecule has 9 heteroatoms. The van der Waals surface area contributed by atoms with E-state index in [0.29, 0.717) is 29.2 Å². The Morgan fingerprint density at radius 3 is 2.60 bits per heavy atom. The van der Waals surface area contributed by atoms with Crippen molar-refractivity contribution in [1.29, 1.82) is 0 Å². The first-order valence-electron chi connectivity index (χ1n) is 13.8. The van der Waals surface area contributed by atoms with Gasteiger partial charge < -0.3 is 19.9 Å². The van der Waals surface area contributed by atoms with Crippen LogP contribution in [-0.4, -0.2) is 63.0 Å². The van der Waals surface area contributed by atoms with Gasteiger partial charge in [0.15, 0.2) is 0 Å². The second-order valence-electron chi connectivity index (χ2n) is 10.6. The molecule has 2 fully saturated rings. The molecule has 2 aromatic heterocycles. The van der Waals surface area contributed by atoms with Gasteiger partial charge in [-0.25, -0.2) is 9.97 Å². The number of hydrogen-bond donors (Lipinski definition) is 1. The molecule has 1 aliphatic carbocycles. The van der Waals surface area contributed by atoms with Crippen molar-refractivity contribution >= 4 is 34.4 Å². The van der Waals surface area contributed by atoms with E-state index in [0.717, 1.165) is 53.9 Å². The highest BCUT2D eigenvalue weighted by atomic mass is 35.5. The van der Waals surface area contributed by atoms with Crippen LogP contribution in [0.3, 0.4) is 0 Å². The first-order valence-corrected chi connectivity index (χ1v) is 14.2. The van der Waals surface area contributed by atoms with Crippen molar-refractivity contribution in [2.75, 3.05) is 32.4 Å². The van der Waals surface area contributed by atoms with Crippen LogP contribution in [0.1, 0.15) is 31.7 Å². The molecule has 2 aromatic carbocycles. The summed E-state index contributed by atoms with van der Waals surface area (Å²) >= 11 is 7.13. The van der Waals surface area contributed by atoms with Crippen LogP contribution in [0.15, 0.2) is 73.1 Å². The largest absolute Gasteiger partial charge is 0.457 e. The molecule has 8 nitrogen and oxygen atoms in total. The number of carbonyl (C=O) groups excluding carboxylic acids is 1. The Morgan fingerprint density at radius 2 is 1.85 bits per heavy atom. The number of likely N-dealkylation sites (N-methyl/N-ethyl adjacent to an activating group) is 1. The van der Waals surface area contributed by atoms with E-state index in [9.17, 15) is 4.79 Å². The lowest BCUT2D eigenvalue weighted by Crippen LogP contribution is -2.40. The number of anilines is 1. The van der Waals surface area contributed by atoms with Crippen LogP contribution in [0.4, 0.5) is 5.82 Å². The third-order valence-corrected chi connectivity index (χ3v) is 8.14. The number of fused-ring (bicyclic) bond motifs is 1. The molecule has 0 bridgehead atoms. The van der Waals surface area contributed by atoms with E-state index < -0.39 is 0 Å². The maximum atomic E-state index is 13.1. The Kier molecular flexibility index (Phi) is 7.45. The Bertz CT molecular complexity index is 1530. The minimum Gasteiger partial charge on any atom is -0.457 e. The zero-order chi connectivity index (χ0) is 27.6. The molecule has 4 aromatic rings. The minimum atomic E-state index is -0.0287. The number of nitrogens with zero attached hydrogens (tertiary/aromatic N) is 5. The zero-order valence-corrected chi connectivity index (χ0v) is 23.3. The first-order chi connectivity index (χ1) is 19.5. The summed E-state index contributed by atoms with van der Waals surface area (Å²) in [6.45, 7) is 2.07. The topological polar surface area (TPSA) is 89.5 Å². The van der Waals surface area contributed by atoms with Gasteiger partial charge in [0, 0.05) is 37.3 Å². The molecule has 1 saturated carbocycles. The van der Waals surface area contributed by atoms with E-state index in [-0.39, 0.29) is 11.9 Å². The number of para-hydroxylation sites is 1. The summed E-state index contributed by atoms with van der Waals surface area (Å²) in [7, 11) is 2.11. The smallest absolute Gasteiger partial charge is 0.246 e. The molecule has 1 saturated heterocycles. The van der Waals surface area contributed by atoms with E-state index in [1.807, 2.05) is 70.1 Å². The number of nitrogen functional groups attached to an aromatic ring is 1. The van der Waals surface area contributed by atoms with E-state index >= 15 is 0 Å². The molecule has 1 amide bonds. The molecule has 0 spiro atoms. The quantitative estimate of drug-likeness (QED) is 0.270. The van der Waals surface area contributed by atoms with Crippen molar-refractivity contribution in [3.63, 3.8) is 0 Å². The maximum Gasteiger partial charge on any atom is 0.246 e. The molecular formula is C31H33ClN6O2. The highest BCUT2D eigenvalue weighted by Crippen LogP contribution is 2.43. The number of likely N-dealkylation sites (tertiary alicyclic amines) is 1. The third kappa shape index (κ3) is 5.42. The molecule has 2 aliphatic rings. The standard InChI is InChI=1S/C31H33ClN6O2/c1-36(22-13-14-22)17-6-10-26(39)37-18-5-7-23(19-37)38-29(32)27(28-30(33)34-20-35-31(28)38)21-11-15-25(16-12-21)40-24-8-3-2-4-9-24/h2-4,6,8-12,15-16,20,22-23H,5,7,13-14,17-19H2,1H3,(H2,33,34,35)/b10-6+. The number of halogens is 1. The summed E-state index contributed by atoms with van der Waals surface area (Å²) in [6, 6.07) is 18.0. The lowest BCUT2D eigenvalue weighted by molar-refractivity contribution is -0.127. The number of benzene rings is 2. The maximum absolute atomic E-state index is 13.1. The predicted octanol–water partition coefficient (Wildman–Crippen LogP) is 5.94. The molecule has 0 radical (unpaired) electrons. The number of ether oxygens (including phenoxy) is 1. The van der Waals surface area contributed by atoms with Crippen LogP contribution >= 0.6 is 11.6 Å². The van der Waals surface area contributed by atoms with Crippen LogP contribution in [-0.2, 0) is 4.79 Å². The van der Waals surface area contributed by atoms with E-state index in [2.05, 4.69) is 21.9 Å². The molecule has 206 valence electrons. The fraction of sp³-hybridized carbons (Fsp3) is 0.323. The van der Waals surface area contributed by atoms with Crippen molar-refractivity contribution in [3.8, 4) is 22.6 Å². The Morgan fingerprint density at radius 1 is 1.10 bits per heavy atom. The summed E-state index contributed by atoms with van der Waals surface area (Å²) in [5, 5.41) is 1.26. The van der Waals surface area contributed by atoms with Gasteiger partial charge in [-0.1, -0.05) is 48.0 Å². The highest BCUT2D eigenvalue weighted by Gasteiger charge is 2.30. The van der Waals surface area contributed by atoms with Gasteiger partial charge in [0.25, 0.3) is 0 Å². The van der Waals surface area contributed by atoms with Crippen molar-refractivity contribution in [1.82, 2.24) is 24.3 Å². The van der Waals surface area contributed by atoms with Gasteiger partial charge in [-0.15, -0.1) is 0 Å². The number of hydrogen-bond acceptors (Lipinski definition) is 6. The fourth-order valence-corrected chi connectivity index (χ4v) is 5.92. The van der Waals surface area contributed by atoms with Crippen LogP contribution in [0, 0.1) is 0 Å². The van der Waals surface area contributed by atoms with E-state index in [1.54, 1.807) is 6.08 Å². The lowest BCUT2D eigenvalue weighted by atomic mass is 10.1. The van der Waals surface area contributed by atoms with Crippen molar-refractivity contribution < 1.29 is 9.53 Å². The van der Waals surface area contributed by atoms with Crippen LogP contribution < -0.4 is 10.5 Å². The Hall–Kier alpha value is -3.88. The molecular weight excluding hydrogens is 524 g/mol. The minimum absolute atomic E-state index is 0.0287. The Balaban J connectivity index is 1.27. The average Bonchev–Trinajstić information content (AvgIpc) is 3.78. The third-order valence-electron chi connectivity index (χ3n) is 7.77. The van der Waals surface area contributed by atoms with Gasteiger partial charge in [-0.05, 0) is 62.6 Å². The van der Waals surface area contributed by atoms with Crippen LogP contribution in [0.25, 0.3) is 22.2 Å². The summed E-state index contributed by atoms with van der Waals surface area (Å²) in [5.74, 6) is 1.89. The number of rotatable bonds is 8. The summed E-state index contributed by atoms with van der Waals surface area (Å²) in [4.78, 5) is 26.1. The van der Waals surface area contributed by atoms with Gasteiger partial charge in [-0.2, -0.15) is 0 Å². The summed E-state index contributed by atoms with van der Waals surface area (Å²) in [5.41, 5.74) is 8.75. The first kappa shape index (κ1) is 26.3. The second-order valence-corrected chi connectivity index (χ2v) is 10.9. The van der Waals surface area contributed by atoms with Gasteiger partial charge in [0.2, 0.25) is 5.91 Å². The number of piperidine rings is 1. The van der Waals surface area contributed by atoms with Crippen LogP contribution in [0.5, 0.6) is 11.5 Å². The number of amides is 1. The van der Waals surface area contributed by atoms with Crippen molar-refractivity contribution in [2.24, 2.45) is 0 Å². The van der Waals surface area contributed by atoms with Gasteiger partial charge in [0.05, 0.1) is 11.4 Å². The zero-order valence-electron chi connectivity index (χ0n) is 22.5. The second kappa shape index (κ2) is 11.3. The van der Waals surface area contributed by atoms with E-state index in [1.165, 1.54) is 19.2 Å². The molecule has 3 heterocycles. The SMILES string of the molecule is CN(C/C=C/C(=O)N1CCCC(n2c(Cl)c(-c3ccc(Oc4ccccc4)cc3)c3c(N)ncnc32)C1)C1CC1. The van der Waals surface area contributed by atoms with E-state index in [4.69, 9.17) is 22.1 Å². The molecule has 2 N–H and O–H groups in total. The Labute approximate surface area is 239 Å². The predicted molar refractivity (Wildman–Crippen MR) is 159 cm³/mol. The fourth-order valence-electron chi connectivity index (χ4n) is 5.49. The highest BCUT2D eigenvalue weighted by molar-refractivity contribution is 6.35. The van der Waals surface area contributed by atoms with Gasteiger partial charge >= 0.3 is 0 Å². The van der Waals surface area contributed by atoms with Crippen molar-refractivity contribution in [3.05, 3.63) is 78.2 Å². The number of carbonyl (C=O) groups is 1. The van der Waals surface area contributed by atoms with Gasteiger partial charge in [-0.3, -0.25) is 9.69 Å². The molecule has 1 unspecified atom stereocenters. The molecule has 6 rings (SSSR count). The summed E-state index contributed by atoms with van der Waals surface area (Å²) < 4.78 is 8.00. The van der Waals surface area contributed by atoms with Crippen LogP contribution in [0.2, 0.25) is 5.15 Å². The molecule has 40 heavy (non-hydrogen) atoms. The van der Waals surface area contributed by atoms with Crippen molar-refractivity contribution in [2.45, 2.75) is 37.8 Å². The summed E-state index contributed by atoms with van der Waals surface area (Å²) in [6.07, 6.45) is 9.41. The average molecular weight is 557 g/mol. The normalized spacial score (nSPS) is 17.7. The number of nitrogens with two attached hydrogens (primary N) is 1. The van der Waals surface area contributed by atoms with Gasteiger partial charge in [0.1, 0.15) is 34.4 Å². The number of aromatic nitrogens is 3. The monoisotopic (exact) mass is 556 g/mol.